The topological polar surface area (TPSA) is 40.7 Å². The van der Waals surface area contributed by atoms with Gasteiger partial charge in [-0.2, -0.15) is 0 Å². The third kappa shape index (κ3) is 11.8. The first kappa shape index (κ1) is 9.22. The van der Waals surface area contributed by atoms with Crippen LogP contribution in [0.1, 0.15) is 6.92 Å². The molecule has 0 spiro atoms. The van der Waals surface area contributed by atoms with Gasteiger partial charge in [0.25, 0.3) is 0 Å². The zero-order valence-corrected chi connectivity index (χ0v) is 5.62. The van der Waals surface area contributed by atoms with Gasteiger partial charge in [-0.25, -0.2) is 0 Å². The Hall–Kier alpha value is 0.738. The molecule has 0 aromatic rings. The van der Waals surface area contributed by atoms with E-state index in [9.17, 15) is 0 Å². The van der Waals surface area contributed by atoms with Crippen molar-refractivity contribution >= 4 is 23.4 Å². The van der Waals surface area contributed by atoms with Crippen LogP contribution < -0.4 is 0 Å². The molecule has 3 heteroatoms. The van der Waals surface area contributed by atoms with Crippen molar-refractivity contribution in [2.24, 2.45) is 0 Å². The van der Waals surface area contributed by atoms with E-state index >= 15 is 0 Å². The average Bonchev–Trinajstić information content (AvgIpc) is 1.37. The van der Waals surface area contributed by atoms with Crippen molar-refractivity contribution in [3.05, 3.63) is 0 Å². The Morgan fingerprint density at radius 1 is 1.80 bits per heavy atom. The minimum Gasteiger partial charge on any atom is -0.412 e. The molecule has 32 valence electrons. The maximum absolute atomic E-state index is 4.59. The molecule has 0 rings (SSSR count). The van der Waals surface area contributed by atoms with Crippen molar-refractivity contribution in [1.29, 1.82) is 0 Å². The molecule has 0 atom stereocenters. The third-order valence-corrected chi connectivity index (χ3v) is 0.866. The molecule has 0 aliphatic carbocycles. The molecule has 0 heterocycles. The van der Waals surface area contributed by atoms with Gasteiger partial charge >= 0.3 is 40.0 Å². The molecule has 0 unspecified atom stereocenters. The average molecular weight is 185 g/mol. The van der Waals surface area contributed by atoms with Crippen LogP contribution in [0.2, 0.25) is 0 Å². The van der Waals surface area contributed by atoms with Gasteiger partial charge in [0.1, 0.15) is 0 Å². The largest absolute Gasteiger partial charge is 0.412 e. The number of hydrogen-bond acceptors (Lipinski definition) is 1. The third-order valence-electron chi connectivity index (χ3n) is 0.129. The Labute approximate surface area is 45.9 Å². The molecule has 0 aliphatic heterocycles. The van der Waals surface area contributed by atoms with Crippen molar-refractivity contribution in [3.63, 3.8) is 0 Å². The predicted octanol–water partition coefficient (Wildman–Crippen LogP) is -0.718. The summed E-state index contributed by atoms with van der Waals surface area (Å²) < 4.78 is 4.59. The molecular formula is C2H7O2Sb. The van der Waals surface area contributed by atoms with Gasteiger partial charge in [-0.3, -0.25) is 0 Å². The molecular weight excluding hydrogens is 178 g/mol. The molecule has 2 radical (unpaired) electrons. The summed E-state index contributed by atoms with van der Waals surface area (Å²) in [5.41, 5.74) is 0. The normalized spacial score (nSPS) is 6.00. The molecule has 5 heavy (non-hydrogen) atoms. The van der Waals surface area contributed by atoms with E-state index in [2.05, 4.69) is 3.02 Å². The smallest absolute Gasteiger partial charge is 0.412 e. The summed E-state index contributed by atoms with van der Waals surface area (Å²) >= 11 is 1.40. The van der Waals surface area contributed by atoms with Gasteiger partial charge in [0.2, 0.25) is 0 Å². The molecule has 0 aromatic heterocycles. The van der Waals surface area contributed by atoms with E-state index in [1.807, 2.05) is 6.92 Å². The Morgan fingerprint density at radius 3 is 2.00 bits per heavy atom. The summed E-state index contributed by atoms with van der Waals surface area (Å²) in [5, 5.41) is 0. The van der Waals surface area contributed by atoms with E-state index in [0.717, 1.165) is 6.61 Å². The number of hydrogen-bond donors (Lipinski definition) is 0. The van der Waals surface area contributed by atoms with E-state index < -0.39 is 0 Å². The van der Waals surface area contributed by atoms with Crippen LogP contribution >= 0.6 is 0 Å². The molecule has 0 saturated heterocycles. The van der Waals surface area contributed by atoms with Gasteiger partial charge in [-0.1, -0.05) is 0 Å². The summed E-state index contributed by atoms with van der Waals surface area (Å²) in [5.74, 6) is 0. The van der Waals surface area contributed by atoms with Crippen LogP contribution in [0, 0.1) is 0 Å². The van der Waals surface area contributed by atoms with Crippen LogP contribution in [0.3, 0.4) is 0 Å². The second kappa shape index (κ2) is 8.83. The van der Waals surface area contributed by atoms with E-state index in [1.165, 1.54) is 23.4 Å². The molecule has 0 bridgehead atoms. The molecule has 2 N–H and O–H groups in total. The van der Waals surface area contributed by atoms with Gasteiger partial charge in [-0.05, 0) is 0 Å². The fourth-order valence-electron chi connectivity index (χ4n) is 0. The minimum absolute atomic E-state index is 0. The zero-order chi connectivity index (χ0) is 3.41. The Balaban J connectivity index is 0. The zero-order valence-electron chi connectivity index (χ0n) is 3.06. The summed E-state index contributed by atoms with van der Waals surface area (Å²) in [6.45, 7) is 2.81. The molecule has 2 nitrogen and oxygen atoms in total. The van der Waals surface area contributed by atoms with Crippen molar-refractivity contribution in [2.45, 2.75) is 6.92 Å². The molecule has 0 fully saturated rings. The van der Waals surface area contributed by atoms with Crippen LogP contribution in [-0.4, -0.2) is 35.5 Å². The summed E-state index contributed by atoms with van der Waals surface area (Å²) in [7, 11) is 0. The van der Waals surface area contributed by atoms with Gasteiger partial charge in [-0.15, -0.1) is 0 Å². The summed E-state index contributed by atoms with van der Waals surface area (Å²) in [4.78, 5) is 0. The second-order valence-corrected chi connectivity index (χ2v) is 1.15. The van der Waals surface area contributed by atoms with E-state index in [-0.39, 0.29) is 5.48 Å². The minimum atomic E-state index is 0. The van der Waals surface area contributed by atoms with Crippen molar-refractivity contribution in [3.8, 4) is 0 Å². The van der Waals surface area contributed by atoms with Crippen LogP contribution in [0.4, 0.5) is 0 Å². The van der Waals surface area contributed by atoms with Gasteiger partial charge in [0.15, 0.2) is 0 Å². The van der Waals surface area contributed by atoms with E-state index in [4.69, 9.17) is 0 Å². The van der Waals surface area contributed by atoms with E-state index in [0.29, 0.717) is 0 Å². The van der Waals surface area contributed by atoms with Crippen molar-refractivity contribution < 1.29 is 8.49 Å². The van der Waals surface area contributed by atoms with Gasteiger partial charge < -0.3 is 5.48 Å². The molecule has 0 saturated carbocycles. The summed E-state index contributed by atoms with van der Waals surface area (Å²) in [6.07, 6.45) is 0. The van der Waals surface area contributed by atoms with Crippen LogP contribution in [-0.2, 0) is 3.02 Å². The SMILES string of the molecule is CC[O][Sb].O. The van der Waals surface area contributed by atoms with Crippen LogP contribution in [0.5, 0.6) is 0 Å². The number of rotatable bonds is 1. The van der Waals surface area contributed by atoms with Gasteiger partial charge in [0, 0.05) is 0 Å². The first-order valence-corrected chi connectivity index (χ1v) is 2.22. The second-order valence-electron chi connectivity index (χ2n) is 0.418. The first-order valence-electron chi connectivity index (χ1n) is 1.18. The predicted molar refractivity (Wildman–Crippen MR) is 21.0 cm³/mol. The Morgan fingerprint density at radius 2 is 2.00 bits per heavy atom. The quantitative estimate of drug-likeness (QED) is 0.497. The molecule has 0 aliphatic rings. The van der Waals surface area contributed by atoms with Gasteiger partial charge in [0.05, 0.1) is 0 Å². The summed E-state index contributed by atoms with van der Waals surface area (Å²) in [6, 6.07) is 0. The Kier molecular flexibility index (Phi) is 16.3. The van der Waals surface area contributed by atoms with E-state index in [1.54, 1.807) is 0 Å². The van der Waals surface area contributed by atoms with Crippen LogP contribution in [0.25, 0.3) is 0 Å². The fraction of sp³-hybridized carbons (Fsp3) is 1.00. The Bertz CT molecular complexity index is 9.61. The fourth-order valence-corrected chi connectivity index (χ4v) is 0. The van der Waals surface area contributed by atoms with Crippen LogP contribution in [0.15, 0.2) is 0 Å². The first-order chi connectivity index (χ1) is 1.91. The molecule has 0 amide bonds. The van der Waals surface area contributed by atoms with Crippen molar-refractivity contribution in [1.82, 2.24) is 0 Å². The van der Waals surface area contributed by atoms with Crippen molar-refractivity contribution in [2.75, 3.05) is 6.61 Å². The maximum Gasteiger partial charge on any atom is -0.412 e. The standard InChI is InChI=1S/C2H5O.H2O.Sb/c1-2-3;;/h2H2,1H3;1H2;/q-1;;+1. The maximum atomic E-state index is 4.59. The monoisotopic (exact) mass is 184 g/mol. The molecule has 0 aromatic carbocycles.